The van der Waals surface area contributed by atoms with Gasteiger partial charge in [0.15, 0.2) is 0 Å². The number of aromatic amines is 1. The van der Waals surface area contributed by atoms with Crippen LogP contribution in [0.5, 0.6) is 0 Å². The highest BCUT2D eigenvalue weighted by molar-refractivity contribution is 5.88. The topological polar surface area (TPSA) is 81.8 Å². The van der Waals surface area contributed by atoms with Crippen LogP contribution in [0.3, 0.4) is 0 Å². The summed E-state index contributed by atoms with van der Waals surface area (Å²) < 4.78 is 4.95. The zero-order valence-electron chi connectivity index (χ0n) is 15.8. The normalized spacial score (nSPS) is 18.4. The van der Waals surface area contributed by atoms with Crippen LogP contribution in [0.15, 0.2) is 0 Å². The molecule has 2 amide bonds. The van der Waals surface area contributed by atoms with E-state index >= 15 is 0 Å². The first-order valence-electron chi connectivity index (χ1n) is 8.57. The summed E-state index contributed by atoms with van der Waals surface area (Å²) in [5, 5.41) is 7.16. The molecule has 0 spiro atoms. The molecule has 1 fully saturated rings. The quantitative estimate of drug-likeness (QED) is 0.769. The lowest BCUT2D eigenvalue weighted by Gasteiger charge is -2.40. The number of nitrogens with zero attached hydrogens (tertiary/aromatic N) is 4. The molecule has 2 heterocycles. The van der Waals surface area contributed by atoms with Crippen LogP contribution in [0.4, 0.5) is 0 Å². The molecule has 0 bridgehead atoms. The van der Waals surface area contributed by atoms with Gasteiger partial charge in [-0.05, 0) is 32.9 Å². The number of hydrogen-bond donors (Lipinski definition) is 1. The number of carbonyl (C=O) groups is 2. The van der Waals surface area contributed by atoms with Crippen LogP contribution in [-0.4, -0.2) is 96.7 Å². The zero-order valence-corrected chi connectivity index (χ0v) is 15.8. The summed E-state index contributed by atoms with van der Waals surface area (Å²) >= 11 is 0. The number of aromatic nitrogens is 2. The summed E-state index contributed by atoms with van der Waals surface area (Å²) in [6.45, 7) is 6.39. The second-order valence-corrected chi connectivity index (χ2v) is 6.72. The van der Waals surface area contributed by atoms with Gasteiger partial charge in [0, 0.05) is 46.0 Å². The molecule has 8 nitrogen and oxygen atoms in total. The highest BCUT2D eigenvalue weighted by Crippen LogP contribution is 2.14. The lowest BCUT2D eigenvalue weighted by Crippen LogP contribution is -2.60. The van der Waals surface area contributed by atoms with Crippen LogP contribution in [0.1, 0.15) is 17.0 Å². The number of likely N-dealkylation sites (N-methyl/N-ethyl adjacent to an activating group) is 2. The average Bonchev–Trinajstić information content (AvgIpc) is 2.90. The maximum Gasteiger partial charge on any atom is 0.249 e. The van der Waals surface area contributed by atoms with Gasteiger partial charge >= 0.3 is 0 Å². The van der Waals surface area contributed by atoms with E-state index in [-0.39, 0.29) is 18.4 Å². The Bertz CT molecular complexity index is 596. The van der Waals surface area contributed by atoms with Crippen LogP contribution < -0.4 is 0 Å². The predicted molar refractivity (Wildman–Crippen MR) is 94.3 cm³/mol. The summed E-state index contributed by atoms with van der Waals surface area (Å²) in [4.78, 5) is 30.6. The van der Waals surface area contributed by atoms with Gasteiger partial charge in [0.25, 0.3) is 0 Å². The largest absolute Gasteiger partial charge is 0.375 e. The van der Waals surface area contributed by atoms with E-state index in [9.17, 15) is 9.59 Å². The first-order chi connectivity index (χ1) is 11.8. The van der Waals surface area contributed by atoms with Crippen LogP contribution in [0.25, 0.3) is 0 Å². The zero-order chi connectivity index (χ0) is 18.6. The highest BCUT2D eigenvalue weighted by atomic mass is 16.5. The smallest absolute Gasteiger partial charge is 0.249 e. The van der Waals surface area contributed by atoms with Crippen LogP contribution in [0.2, 0.25) is 0 Å². The van der Waals surface area contributed by atoms with E-state index in [1.54, 1.807) is 16.8 Å². The number of nitrogens with one attached hydrogen (secondary N) is 1. The van der Waals surface area contributed by atoms with E-state index in [0.717, 1.165) is 29.9 Å². The molecule has 140 valence electrons. The molecule has 0 saturated carbocycles. The fourth-order valence-corrected chi connectivity index (χ4v) is 3.22. The summed E-state index contributed by atoms with van der Waals surface area (Å²) in [6.07, 6.45) is 0.741. The van der Waals surface area contributed by atoms with Gasteiger partial charge in [-0.3, -0.25) is 14.7 Å². The van der Waals surface area contributed by atoms with E-state index in [1.807, 2.05) is 20.9 Å². The van der Waals surface area contributed by atoms with Crippen molar-refractivity contribution in [2.45, 2.75) is 26.3 Å². The molecule has 1 atom stereocenters. The van der Waals surface area contributed by atoms with Gasteiger partial charge in [0.05, 0.1) is 5.69 Å². The van der Waals surface area contributed by atoms with E-state index in [1.165, 1.54) is 7.11 Å². The predicted octanol–water partition coefficient (Wildman–Crippen LogP) is -0.184. The molecule has 0 aliphatic carbocycles. The van der Waals surface area contributed by atoms with Crippen molar-refractivity contribution in [1.82, 2.24) is 24.9 Å². The molecular weight excluding hydrogens is 322 g/mol. The minimum Gasteiger partial charge on any atom is -0.375 e. The number of rotatable bonds is 6. The molecule has 1 aromatic rings. The molecule has 1 saturated heterocycles. The number of amides is 2. The molecule has 8 heteroatoms. The van der Waals surface area contributed by atoms with Gasteiger partial charge in [-0.1, -0.05) is 0 Å². The maximum atomic E-state index is 12.9. The Balaban J connectivity index is 2.03. The lowest BCUT2D eigenvalue weighted by molar-refractivity contribution is -0.150. The van der Waals surface area contributed by atoms with Crippen molar-refractivity contribution >= 4 is 11.8 Å². The maximum absolute atomic E-state index is 12.9. The van der Waals surface area contributed by atoms with Gasteiger partial charge in [-0.2, -0.15) is 5.10 Å². The highest BCUT2D eigenvalue weighted by Gasteiger charge is 2.35. The standard InChI is InChI=1S/C17H29N5O3/c1-12-14(13(2)19-18-12)6-7-21(4)17(24)15-10-20(3)8-9-22(15)16(23)11-25-5/h15H,6-11H2,1-5H3,(H,18,19)/t15-/m0/s1. The Kier molecular flexibility index (Phi) is 6.55. The Labute approximate surface area is 149 Å². The first kappa shape index (κ1) is 19.4. The van der Waals surface area contributed by atoms with Crippen molar-refractivity contribution in [1.29, 1.82) is 0 Å². The van der Waals surface area contributed by atoms with Gasteiger partial charge in [0.1, 0.15) is 12.6 Å². The minimum absolute atomic E-state index is 0.00458. The number of piperazine rings is 1. The molecule has 0 unspecified atom stereocenters. The third kappa shape index (κ3) is 4.58. The summed E-state index contributed by atoms with van der Waals surface area (Å²) in [5.41, 5.74) is 3.15. The number of ether oxygens (including phenoxy) is 1. The summed E-state index contributed by atoms with van der Waals surface area (Å²) in [7, 11) is 5.25. The fourth-order valence-electron chi connectivity index (χ4n) is 3.22. The van der Waals surface area contributed by atoms with Gasteiger partial charge < -0.3 is 19.4 Å². The molecule has 1 aliphatic heterocycles. The summed E-state index contributed by atoms with van der Waals surface area (Å²) in [6, 6.07) is -0.460. The second-order valence-electron chi connectivity index (χ2n) is 6.72. The van der Waals surface area contributed by atoms with Crippen molar-refractivity contribution in [3.8, 4) is 0 Å². The minimum atomic E-state index is -0.460. The molecular formula is C17H29N5O3. The monoisotopic (exact) mass is 351 g/mol. The molecule has 1 aliphatic rings. The number of H-pyrrole nitrogens is 1. The van der Waals surface area contributed by atoms with E-state index in [0.29, 0.717) is 19.6 Å². The number of hydrogen-bond acceptors (Lipinski definition) is 5. The Morgan fingerprint density at radius 2 is 2.08 bits per heavy atom. The van der Waals surface area contributed by atoms with Gasteiger partial charge in [-0.15, -0.1) is 0 Å². The average molecular weight is 351 g/mol. The molecule has 2 rings (SSSR count). The Morgan fingerprint density at radius 3 is 2.68 bits per heavy atom. The van der Waals surface area contributed by atoms with Crippen LogP contribution in [0, 0.1) is 13.8 Å². The van der Waals surface area contributed by atoms with E-state index < -0.39 is 6.04 Å². The fraction of sp³-hybridized carbons (Fsp3) is 0.706. The Morgan fingerprint density at radius 1 is 1.36 bits per heavy atom. The van der Waals surface area contributed by atoms with Crippen molar-refractivity contribution in [3.63, 3.8) is 0 Å². The second kappa shape index (κ2) is 8.44. The van der Waals surface area contributed by atoms with Gasteiger partial charge in [-0.25, -0.2) is 0 Å². The molecule has 0 radical (unpaired) electrons. The van der Waals surface area contributed by atoms with Crippen LogP contribution >= 0.6 is 0 Å². The van der Waals surface area contributed by atoms with Crippen molar-refractivity contribution < 1.29 is 14.3 Å². The summed E-state index contributed by atoms with van der Waals surface area (Å²) in [5.74, 6) is -0.168. The SMILES string of the molecule is COCC(=O)N1CCN(C)C[C@H]1C(=O)N(C)CCc1c(C)n[nH]c1C. The first-order valence-corrected chi connectivity index (χ1v) is 8.57. The molecule has 1 aromatic heterocycles. The molecule has 1 N–H and O–H groups in total. The lowest BCUT2D eigenvalue weighted by atomic mass is 10.1. The number of carbonyl (C=O) groups excluding carboxylic acids is 2. The van der Waals surface area contributed by atoms with Crippen molar-refractivity contribution in [2.24, 2.45) is 0 Å². The third-order valence-corrected chi connectivity index (χ3v) is 4.81. The number of aryl methyl sites for hydroxylation is 2. The molecule has 0 aromatic carbocycles. The van der Waals surface area contributed by atoms with E-state index in [2.05, 4.69) is 15.1 Å². The van der Waals surface area contributed by atoms with Crippen LogP contribution in [-0.2, 0) is 20.7 Å². The van der Waals surface area contributed by atoms with Crippen molar-refractivity contribution in [3.05, 3.63) is 17.0 Å². The van der Waals surface area contributed by atoms with E-state index in [4.69, 9.17) is 4.74 Å². The number of methoxy groups -OCH3 is 1. The Hall–Kier alpha value is -1.93. The third-order valence-electron chi connectivity index (χ3n) is 4.81. The van der Waals surface area contributed by atoms with Gasteiger partial charge in [0.2, 0.25) is 11.8 Å². The van der Waals surface area contributed by atoms with Crippen molar-refractivity contribution in [2.75, 3.05) is 54.0 Å². The molecule has 25 heavy (non-hydrogen) atoms.